The smallest absolute Gasteiger partial charge is 0.228 e. The van der Waals surface area contributed by atoms with Gasteiger partial charge in [0, 0.05) is 37.3 Å². The lowest BCUT2D eigenvalue weighted by Crippen LogP contribution is -2.49. The van der Waals surface area contributed by atoms with Gasteiger partial charge in [0.25, 0.3) is 0 Å². The molecule has 3 heterocycles. The van der Waals surface area contributed by atoms with Crippen molar-refractivity contribution in [1.29, 1.82) is 0 Å². The highest BCUT2D eigenvalue weighted by molar-refractivity contribution is 7.09. The second-order valence-corrected chi connectivity index (χ2v) is 7.48. The van der Waals surface area contributed by atoms with Crippen molar-refractivity contribution >= 4 is 23.1 Å². The quantitative estimate of drug-likeness (QED) is 0.856. The summed E-state index contributed by atoms with van der Waals surface area (Å²) in [6, 6.07) is 6.33. The van der Waals surface area contributed by atoms with E-state index < -0.39 is 0 Å². The van der Waals surface area contributed by atoms with Crippen molar-refractivity contribution in [2.24, 2.45) is 0 Å². The van der Waals surface area contributed by atoms with Gasteiger partial charge in [-0.05, 0) is 38.8 Å². The Morgan fingerprint density at radius 2 is 2.21 bits per heavy atom. The zero-order valence-corrected chi connectivity index (χ0v) is 15.3. The molecule has 2 aromatic heterocycles. The number of piperidine rings is 1. The van der Waals surface area contributed by atoms with Crippen molar-refractivity contribution in [3.63, 3.8) is 0 Å². The normalized spacial score (nSPS) is 17.8. The zero-order chi connectivity index (χ0) is 17.1. The SMILES string of the molecule is Cc1cccc(N2CCC[C@@H](N(C)C(=O)Cc3csc(C)n3)C2)n1. The van der Waals surface area contributed by atoms with Crippen LogP contribution in [0, 0.1) is 13.8 Å². The molecule has 24 heavy (non-hydrogen) atoms. The number of rotatable bonds is 4. The Morgan fingerprint density at radius 3 is 2.92 bits per heavy atom. The lowest BCUT2D eigenvalue weighted by molar-refractivity contribution is -0.131. The molecule has 1 amide bonds. The van der Waals surface area contributed by atoms with Crippen LogP contribution in [0.4, 0.5) is 5.82 Å². The predicted octanol–water partition coefficient (Wildman–Crippen LogP) is 2.82. The molecular formula is C18H24N4OS. The van der Waals surface area contributed by atoms with Crippen molar-refractivity contribution in [2.45, 2.75) is 39.2 Å². The maximum Gasteiger partial charge on any atom is 0.228 e. The number of likely N-dealkylation sites (N-methyl/N-ethyl adjacent to an activating group) is 1. The molecule has 128 valence electrons. The number of carbonyl (C=O) groups is 1. The molecule has 2 aromatic rings. The van der Waals surface area contributed by atoms with Crippen LogP contribution in [0.15, 0.2) is 23.6 Å². The maximum absolute atomic E-state index is 12.6. The van der Waals surface area contributed by atoms with Crippen LogP contribution >= 0.6 is 11.3 Å². The maximum atomic E-state index is 12.6. The summed E-state index contributed by atoms with van der Waals surface area (Å²) < 4.78 is 0. The van der Waals surface area contributed by atoms with Crippen LogP contribution in [0.25, 0.3) is 0 Å². The van der Waals surface area contributed by atoms with Crippen molar-refractivity contribution in [2.75, 3.05) is 25.0 Å². The number of nitrogens with zero attached hydrogens (tertiary/aromatic N) is 4. The van der Waals surface area contributed by atoms with Crippen LogP contribution in [0.3, 0.4) is 0 Å². The van der Waals surface area contributed by atoms with E-state index in [1.54, 1.807) is 11.3 Å². The summed E-state index contributed by atoms with van der Waals surface area (Å²) in [6.07, 6.45) is 2.51. The van der Waals surface area contributed by atoms with Crippen LogP contribution in [0.1, 0.15) is 29.2 Å². The number of carbonyl (C=O) groups excluding carboxylic acids is 1. The molecule has 0 saturated carbocycles. The second-order valence-electron chi connectivity index (χ2n) is 6.42. The van der Waals surface area contributed by atoms with Gasteiger partial charge in [0.05, 0.1) is 17.1 Å². The lowest BCUT2D eigenvalue weighted by Gasteiger charge is -2.38. The van der Waals surface area contributed by atoms with Gasteiger partial charge in [0.1, 0.15) is 5.82 Å². The average molecular weight is 344 g/mol. The largest absolute Gasteiger partial charge is 0.355 e. The zero-order valence-electron chi connectivity index (χ0n) is 14.5. The molecule has 1 atom stereocenters. The van der Waals surface area contributed by atoms with Gasteiger partial charge in [-0.1, -0.05) is 6.07 Å². The van der Waals surface area contributed by atoms with Crippen LogP contribution in [-0.2, 0) is 11.2 Å². The van der Waals surface area contributed by atoms with Gasteiger partial charge in [-0.2, -0.15) is 0 Å². The third-order valence-corrected chi connectivity index (χ3v) is 5.36. The van der Waals surface area contributed by atoms with Gasteiger partial charge in [-0.15, -0.1) is 11.3 Å². The van der Waals surface area contributed by atoms with E-state index in [-0.39, 0.29) is 11.9 Å². The Labute approximate surface area is 147 Å². The molecule has 0 spiro atoms. The van der Waals surface area contributed by atoms with Gasteiger partial charge in [0.15, 0.2) is 0 Å². The molecule has 3 rings (SSSR count). The molecule has 1 aliphatic heterocycles. The monoisotopic (exact) mass is 344 g/mol. The van der Waals surface area contributed by atoms with E-state index in [1.807, 2.05) is 43.3 Å². The molecule has 0 unspecified atom stereocenters. The first-order chi connectivity index (χ1) is 11.5. The molecule has 5 nitrogen and oxygen atoms in total. The third-order valence-electron chi connectivity index (χ3n) is 4.53. The summed E-state index contributed by atoms with van der Waals surface area (Å²) in [7, 11) is 1.92. The number of pyridine rings is 1. The second kappa shape index (κ2) is 7.30. The number of hydrogen-bond acceptors (Lipinski definition) is 5. The highest BCUT2D eigenvalue weighted by Crippen LogP contribution is 2.21. The number of thiazole rings is 1. The molecular weight excluding hydrogens is 320 g/mol. The van der Waals surface area contributed by atoms with Gasteiger partial charge >= 0.3 is 0 Å². The fourth-order valence-electron chi connectivity index (χ4n) is 3.16. The Kier molecular flexibility index (Phi) is 5.14. The Bertz CT molecular complexity index is 715. The third kappa shape index (κ3) is 3.93. The van der Waals surface area contributed by atoms with E-state index in [4.69, 9.17) is 0 Å². The number of amides is 1. The van der Waals surface area contributed by atoms with Crippen LogP contribution in [0.5, 0.6) is 0 Å². The van der Waals surface area contributed by atoms with E-state index >= 15 is 0 Å². The van der Waals surface area contributed by atoms with Gasteiger partial charge in [-0.3, -0.25) is 4.79 Å². The molecule has 1 fully saturated rings. The molecule has 0 aliphatic carbocycles. The minimum absolute atomic E-state index is 0.143. The fourth-order valence-corrected chi connectivity index (χ4v) is 3.77. The summed E-state index contributed by atoms with van der Waals surface area (Å²) in [5.41, 5.74) is 1.90. The highest BCUT2D eigenvalue weighted by atomic mass is 32.1. The van der Waals surface area contributed by atoms with E-state index in [2.05, 4.69) is 20.9 Å². The summed E-state index contributed by atoms with van der Waals surface area (Å²) >= 11 is 1.59. The molecule has 1 saturated heterocycles. The topological polar surface area (TPSA) is 49.3 Å². The number of anilines is 1. The molecule has 0 radical (unpaired) electrons. The van der Waals surface area contributed by atoms with Crippen LogP contribution in [0.2, 0.25) is 0 Å². The van der Waals surface area contributed by atoms with E-state index in [1.165, 1.54) is 0 Å². The number of hydrogen-bond donors (Lipinski definition) is 0. The Balaban J connectivity index is 1.64. The highest BCUT2D eigenvalue weighted by Gasteiger charge is 2.27. The van der Waals surface area contributed by atoms with Gasteiger partial charge in [0.2, 0.25) is 5.91 Å². The standard InChI is InChI=1S/C18H24N4OS/c1-13-6-4-8-17(19-13)22-9-5-7-16(11-22)21(3)18(23)10-15-12-24-14(2)20-15/h4,6,8,12,16H,5,7,9-11H2,1-3H3/t16-/m1/s1. The first kappa shape index (κ1) is 16.9. The first-order valence-electron chi connectivity index (χ1n) is 8.38. The number of aryl methyl sites for hydroxylation is 2. The summed E-state index contributed by atoms with van der Waals surface area (Å²) in [6.45, 7) is 5.82. The van der Waals surface area contributed by atoms with Crippen LogP contribution in [-0.4, -0.2) is 47.0 Å². The lowest BCUT2D eigenvalue weighted by atomic mass is 10.0. The van der Waals surface area contributed by atoms with E-state index in [0.29, 0.717) is 6.42 Å². The van der Waals surface area contributed by atoms with Crippen molar-refractivity contribution in [1.82, 2.24) is 14.9 Å². The molecule has 6 heteroatoms. The fraction of sp³-hybridized carbons (Fsp3) is 0.500. The summed E-state index contributed by atoms with van der Waals surface area (Å²) in [4.78, 5) is 25.8. The predicted molar refractivity (Wildman–Crippen MR) is 97.5 cm³/mol. The minimum atomic E-state index is 0.143. The van der Waals surface area contributed by atoms with Crippen molar-refractivity contribution in [3.8, 4) is 0 Å². The Hall–Kier alpha value is -1.95. The van der Waals surface area contributed by atoms with Gasteiger partial charge < -0.3 is 9.80 Å². The van der Waals surface area contributed by atoms with Crippen molar-refractivity contribution in [3.05, 3.63) is 40.0 Å². The molecule has 0 N–H and O–H groups in total. The van der Waals surface area contributed by atoms with Crippen LogP contribution < -0.4 is 4.90 Å². The first-order valence-corrected chi connectivity index (χ1v) is 9.26. The Morgan fingerprint density at radius 1 is 1.38 bits per heavy atom. The number of aromatic nitrogens is 2. The van der Waals surface area contributed by atoms with E-state index in [9.17, 15) is 4.79 Å². The molecule has 1 aliphatic rings. The van der Waals surface area contributed by atoms with Crippen molar-refractivity contribution < 1.29 is 4.79 Å². The molecule has 0 bridgehead atoms. The summed E-state index contributed by atoms with van der Waals surface area (Å²) in [5.74, 6) is 1.15. The average Bonchev–Trinajstić information content (AvgIpc) is 2.99. The summed E-state index contributed by atoms with van der Waals surface area (Å²) in [5, 5.41) is 2.99. The molecule has 0 aromatic carbocycles. The minimum Gasteiger partial charge on any atom is -0.355 e. The van der Waals surface area contributed by atoms with E-state index in [0.717, 1.165) is 48.1 Å². The van der Waals surface area contributed by atoms with Gasteiger partial charge in [-0.25, -0.2) is 9.97 Å².